The molecular weight excluding hydrogens is 487 g/mol. The largest absolute Gasteiger partial charge is 0.490 e. The number of hydrogen-bond acceptors (Lipinski definition) is 4. The lowest BCUT2D eigenvalue weighted by molar-refractivity contribution is -0.143. The van der Waals surface area contributed by atoms with Crippen LogP contribution in [0.2, 0.25) is 5.02 Å². The summed E-state index contributed by atoms with van der Waals surface area (Å²) in [6.45, 7) is 0.286. The van der Waals surface area contributed by atoms with Gasteiger partial charge in [0.2, 0.25) is 0 Å². The van der Waals surface area contributed by atoms with Gasteiger partial charge in [0, 0.05) is 29.7 Å². The summed E-state index contributed by atoms with van der Waals surface area (Å²) >= 11 is 6.02. The summed E-state index contributed by atoms with van der Waals surface area (Å²) in [5.74, 6) is -2.47. The molecule has 36 heavy (non-hydrogen) atoms. The zero-order valence-electron chi connectivity index (χ0n) is 19.4. The van der Waals surface area contributed by atoms with Crippen molar-refractivity contribution in [2.45, 2.75) is 31.8 Å². The van der Waals surface area contributed by atoms with Crippen molar-refractivity contribution in [3.8, 4) is 5.75 Å². The van der Waals surface area contributed by atoms with E-state index >= 15 is 0 Å². The molecule has 1 saturated carbocycles. The minimum atomic E-state index is -0.798. The van der Waals surface area contributed by atoms with Crippen molar-refractivity contribution >= 4 is 40.2 Å². The molecule has 0 saturated heterocycles. The van der Waals surface area contributed by atoms with Gasteiger partial charge in [-0.05, 0) is 72.9 Å². The normalized spacial score (nSPS) is 17.4. The summed E-state index contributed by atoms with van der Waals surface area (Å²) in [7, 11) is 0. The number of carbonyl (C=O) groups excluding carboxylic acids is 2. The first-order valence-electron chi connectivity index (χ1n) is 11.7. The van der Waals surface area contributed by atoms with E-state index in [4.69, 9.17) is 21.4 Å². The summed E-state index contributed by atoms with van der Waals surface area (Å²) in [6, 6.07) is 14.8. The summed E-state index contributed by atoms with van der Waals surface area (Å²) in [6.07, 6.45) is 2.03. The van der Waals surface area contributed by atoms with Gasteiger partial charge in [-0.3, -0.25) is 14.4 Å². The highest BCUT2D eigenvalue weighted by Crippen LogP contribution is 2.28. The molecule has 0 bridgehead atoms. The van der Waals surface area contributed by atoms with Gasteiger partial charge in [-0.15, -0.1) is 0 Å². The molecule has 0 unspecified atom stereocenters. The molecule has 0 radical (unpaired) electrons. The van der Waals surface area contributed by atoms with Gasteiger partial charge in [0.15, 0.2) is 0 Å². The number of nitrogens with one attached hydrogen (secondary N) is 2. The molecule has 1 fully saturated rings. The van der Waals surface area contributed by atoms with Crippen LogP contribution in [0.4, 0.5) is 4.39 Å². The molecule has 3 aromatic rings. The van der Waals surface area contributed by atoms with E-state index < -0.39 is 17.7 Å². The van der Waals surface area contributed by atoms with Gasteiger partial charge in [-0.25, -0.2) is 4.39 Å². The van der Waals surface area contributed by atoms with Crippen LogP contribution in [0.1, 0.15) is 46.4 Å². The molecule has 2 amide bonds. The Morgan fingerprint density at radius 2 is 1.58 bits per heavy atom. The maximum atomic E-state index is 14.5. The van der Waals surface area contributed by atoms with Crippen molar-refractivity contribution in [2.75, 3.05) is 13.1 Å². The third-order valence-electron chi connectivity index (χ3n) is 6.27. The van der Waals surface area contributed by atoms with E-state index in [1.807, 2.05) is 12.1 Å². The molecule has 1 aliphatic carbocycles. The number of rotatable bonds is 8. The number of amides is 2. The van der Waals surface area contributed by atoms with E-state index in [9.17, 15) is 18.8 Å². The van der Waals surface area contributed by atoms with Gasteiger partial charge >= 0.3 is 5.97 Å². The van der Waals surface area contributed by atoms with Crippen molar-refractivity contribution in [3.63, 3.8) is 0 Å². The van der Waals surface area contributed by atoms with Crippen LogP contribution in [0.15, 0.2) is 54.6 Å². The van der Waals surface area contributed by atoms with E-state index in [1.54, 1.807) is 24.3 Å². The molecule has 3 N–H and O–H groups in total. The van der Waals surface area contributed by atoms with E-state index in [-0.39, 0.29) is 36.6 Å². The molecule has 1 aliphatic rings. The zero-order chi connectivity index (χ0) is 25.7. The fourth-order valence-electron chi connectivity index (χ4n) is 4.28. The minimum Gasteiger partial charge on any atom is -0.490 e. The molecule has 3 aromatic carbocycles. The average molecular weight is 513 g/mol. The van der Waals surface area contributed by atoms with Gasteiger partial charge in [0.05, 0.1) is 17.6 Å². The molecule has 7 nitrogen and oxygen atoms in total. The van der Waals surface area contributed by atoms with Crippen LogP contribution in [-0.4, -0.2) is 42.1 Å². The number of carboxylic acids is 1. The third kappa shape index (κ3) is 6.31. The number of fused-ring (bicyclic) bond motifs is 1. The van der Waals surface area contributed by atoms with Crippen LogP contribution in [-0.2, 0) is 4.79 Å². The monoisotopic (exact) mass is 512 g/mol. The maximum absolute atomic E-state index is 14.5. The number of carbonyl (C=O) groups is 3. The highest BCUT2D eigenvalue weighted by molar-refractivity contribution is 6.31. The first-order chi connectivity index (χ1) is 17.3. The van der Waals surface area contributed by atoms with E-state index in [1.165, 1.54) is 12.1 Å². The Morgan fingerprint density at radius 3 is 2.28 bits per heavy atom. The van der Waals surface area contributed by atoms with Gasteiger partial charge in [0.1, 0.15) is 11.6 Å². The number of benzene rings is 3. The van der Waals surface area contributed by atoms with Crippen LogP contribution in [0.25, 0.3) is 10.8 Å². The number of hydrogen-bond donors (Lipinski definition) is 3. The van der Waals surface area contributed by atoms with Crippen molar-refractivity contribution in [3.05, 3.63) is 76.6 Å². The van der Waals surface area contributed by atoms with Gasteiger partial charge in [-0.1, -0.05) is 23.7 Å². The first kappa shape index (κ1) is 25.4. The van der Waals surface area contributed by atoms with Crippen LogP contribution in [0.3, 0.4) is 0 Å². The Hall–Kier alpha value is -3.65. The Morgan fingerprint density at radius 1 is 0.889 bits per heavy atom. The van der Waals surface area contributed by atoms with Gasteiger partial charge in [0.25, 0.3) is 11.8 Å². The van der Waals surface area contributed by atoms with Crippen LogP contribution in [0, 0.1) is 11.7 Å². The van der Waals surface area contributed by atoms with E-state index in [0.29, 0.717) is 42.0 Å². The fraction of sp³-hybridized carbons (Fsp3) is 0.296. The molecule has 0 aromatic heterocycles. The van der Waals surface area contributed by atoms with Crippen molar-refractivity contribution < 1.29 is 28.6 Å². The van der Waals surface area contributed by atoms with Gasteiger partial charge in [-0.2, -0.15) is 0 Å². The Kier molecular flexibility index (Phi) is 8.05. The number of halogens is 2. The Bertz CT molecular complexity index is 1290. The number of aliphatic carboxylic acids is 1. The molecule has 4 rings (SSSR count). The lowest BCUT2D eigenvalue weighted by atomic mass is 9.87. The summed E-state index contributed by atoms with van der Waals surface area (Å²) < 4.78 is 20.3. The van der Waals surface area contributed by atoms with Crippen molar-refractivity contribution in [2.24, 2.45) is 5.92 Å². The molecular formula is C27H26ClFN2O5. The Labute approximate surface area is 212 Å². The summed E-state index contributed by atoms with van der Waals surface area (Å²) in [4.78, 5) is 35.9. The smallest absolute Gasteiger partial charge is 0.306 e. The first-order valence-corrected chi connectivity index (χ1v) is 12.1. The van der Waals surface area contributed by atoms with E-state index in [2.05, 4.69) is 10.6 Å². The van der Waals surface area contributed by atoms with Crippen LogP contribution in [0.5, 0.6) is 5.75 Å². The summed E-state index contributed by atoms with van der Waals surface area (Å²) in [5, 5.41) is 16.8. The second-order valence-corrected chi connectivity index (χ2v) is 9.23. The lowest BCUT2D eigenvalue weighted by Gasteiger charge is -2.26. The standard InChI is InChI=1S/C27H26ClFN2O5/c28-20-6-3-16-1-2-18(13-19(16)14-20)25(32)30-11-12-31-26(33)23-10-9-22(15-24(23)29)36-21-7-4-17(5-8-21)27(34)35/h1-3,6,9-10,13-15,17,21H,4-5,7-8,11-12H2,(H,30,32)(H,31,33)(H,34,35). The van der Waals surface area contributed by atoms with Crippen molar-refractivity contribution in [1.82, 2.24) is 10.6 Å². The number of ether oxygens (including phenoxy) is 1. The summed E-state index contributed by atoms with van der Waals surface area (Å²) in [5.41, 5.74) is 0.337. The molecule has 0 spiro atoms. The topological polar surface area (TPSA) is 105 Å². The second kappa shape index (κ2) is 11.4. The molecule has 9 heteroatoms. The fourth-order valence-corrected chi connectivity index (χ4v) is 4.46. The maximum Gasteiger partial charge on any atom is 0.306 e. The van der Waals surface area contributed by atoms with E-state index in [0.717, 1.165) is 16.8 Å². The molecule has 0 heterocycles. The highest BCUT2D eigenvalue weighted by atomic mass is 35.5. The minimum absolute atomic E-state index is 0.120. The van der Waals surface area contributed by atoms with Crippen LogP contribution >= 0.6 is 11.6 Å². The third-order valence-corrected chi connectivity index (χ3v) is 6.51. The lowest BCUT2D eigenvalue weighted by Crippen LogP contribution is -2.35. The second-order valence-electron chi connectivity index (χ2n) is 8.79. The predicted molar refractivity (Wildman–Crippen MR) is 134 cm³/mol. The SMILES string of the molecule is O=C(NCCNC(=O)c1ccc(OC2CCC(C(=O)O)CC2)cc1F)c1ccc2ccc(Cl)cc2c1. The molecule has 188 valence electrons. The molecule has 0 atom stereocenters. The quantitative estimate of drug-likeness (QED) is 0.375. The Balaban J connectivity index is 1.24. The van der Waals surface area contributed by atoms with Crippen LogP contribution < -0.4 is 15.4 Å². The molecule has 0 aliphatic heterocycles. The average Bonchev–Trinajstić information content (AvgIpc) is 2.86. The number of carboxylic acid groups (broad SMARTS) is 1. The van der Waals surface area contributed by atoms with Gasteiger partial charge < -0.3 is 20.5 Å². The van der Waals surface area contributed by atoms with Crippen molar-refractivity contribution in [1.29, 1.82) is 0 Å². The highest BCUT2D eigenvalue weighted by Gasteiger charge is 2.27. The zero-order valence-corrected chi connectivity index (χ0v) is 20.2. The predicted octanol–water partition coefficient (Wildman–Crippen LogP) is 4.81.